The van der Waals surface area contributed by atoms with Crippen LogP contribution >= 0.6 is 11.6 Å². The van der Waals surface area contributed by atoms with Gasteiger partial charge < -0.3 is 5.11 Å². The van der Waals surface area contributed by atoms with Gasteiger partial charge in [0.15, 0.2) is 5.78 Å². The maximum absolute atomic E-state index is 13.7. The molecule has 1 aromatic carbocycles. The minimum absolute atomic E-state index is 0.0581. The van der Waals surface area contributed by atoms with Crippen molar-refractivity contribution in [1.82, 2.24) is 0 Å². The number of halogens is 2. The average Bonchev–Trinajstić information content (AvgIpc) is 2.13. The Bertz CT molecular complexity index is 486. The Morgan fingerprint density at radius 1 is 1.41 bits per heavy atom. The number of aliphatic hydroxyl groups is 1. The van der Waals surface area contributed by atoms with Gasteiger partial charge in [0.05, 0.1) is 10.6 Å². The summed E-state index contributed by atoms with van der Waals surface area (Å²) < 4.78 is 13.7. The Balaban J connectivity index is 2.50. The molecule has 4 heteroatoms. The lowest BCUT2D eigenvalue weighted by atomic mass is 9.82. The molecule has 0 fully saturated rings. The molecule has 0 aromatic heterocycles. The molecule has 1 aliphatic rings. The summed E-state index contributed by atoms with van der Waals surface area (Å²) in [5.74, 6) is -0.690. The highest BCUT2D eigenvalue weighted by Crippen LogP contribution is 2.36. The van der Waals surface area contributed by atoms with E-state index in [4.69, 9.17) is 11.6 Å². The summed E-state index contributed by atoms with van der Waals surface area (Å²) in [6.07, 6.45) is 1.64. The number of benzene rings is 1. The van der Waals surface area contributed by atoms with Crippen molar-refractivity contribution in [2.45, 2.75) is 25.4 Å². The maximum atomic E-state index is 13.7. The molecule has 0 saturated carbocycles. The maximum Gasteiger partial charge on any atom is 0.158 e. The van der Waals surface area contributed by atoms with Crippen LogP contribution in [0, 0.1) is 5.82 Å². The summed E-state index contributed by atoms with van der Waals surface area (Å²) in [5.41, 5.74) is -0.468. The van der Waals surface area contributed by atoms with Crippen LogP contribution in [0.25, 0.3) is 5.57 Å². The van der Waals surface area contributed by atoms with Gasteiger partial charge in [0.25, 0.3) is 0 Å². The van der Waals surface area contributed by atoms with Crippen LogP contribution in [-0.2, 0) is 4.79 Å². The zero-order chi connectivity index (χ0) is 12.6. The summed E-state index contributed by atoms with van der Waals surface area (Å²) in [5, 5.41) is 10.2. The molecule has 1 aliphatic carbocycles. The first-order chi connectivity index (χ1) is 7.89. The topological polar surface area (TPSA) is 37.3 Å². The molecule has 0 aliphatic heterocycles. The lowest BCUT2D eigenvalue weighted by Crippen LogP contribution is -2.31. The highest BCUT2D eigenvalue weighted by Gasteiger charge is 2.31. The van der Waals surface area contributed by atoms with Crippen molar-refractivity contribution in [3.05, 3.63) is 40.7 Å². The van der Waals surface area contributed by atoms with Crippen LogP contribution in [-0.4, -0.2) is 16.5 Å². The molecule has 0 saturated heterocycles. The van der Waals surface area contributed by atoms with E-state index in [0.29, 0.717) is 5.57 Å². The van der Waals surface area contributed by atoms with Gasteiger partial charge in [-0.15, -0.1) is 0 Å². The van der Waals surface area contributed by atoms with Crippen molar-refractivity contribution in [2.24, 2.45) is 0 Å². The Labute approximate surface area is 104 Å². The Morgan fingerprint density at radius 3 is 2.71 bits per heavy atom. The van der Waals surface area contributed by atoms with Gasteiger partial charge in [-0.2, -0.15) is 0 Å². The van der Waals surface area contributed by atoms with Gasteiger partial charge in [-0.25, -0.2) is 4.39 Å². The molecule has 2 rings (SSSR count). The summed E-state index contributed by atoms with van der Waals surface area (Å²) in [4.78, 5) is 11.5. The second kappa shape index (κ2) is 4.24. The zero-order valence-corrected chi connectivity index (χ0v) is 10.1. The predicted octanol–water partition coefficient (Wildman–Crippen LogP) is 2.98. The third-order valence-electron chi connectivity index (χ3n) is 2.75. The van der Waals surface area contributed by atoms with E-state index in [0.717, 1.165) is 0 Å². The Kier molecular flexibility index (Phi) is 3.06. The van der Waals surface area contributed by atoms with Crippen LogP contribution in [0.1, 0.15) is 25.3 Å². The van der Waals surface area contributed by atoms with Crippen molar-refractivity contribution < 1.29 is 14.3 Å². The van der Waals surface area contributed by atoms with E-state index in [2.05, 4.69) is 0 Å². The van der Waals surface area contributed by atoms with Crippen molar-refractivity contribution in [2.75, 3.05) is 0 Å². The number of allylic oxidation sites excluding steroid dienone is 1. The first-order valence-electron chi connectivity index (χ1n) is 5.29. The fourth-order valence-corrected chi connectivity index (χ4v) is 2.39. The molecule has 0 bridgehead atoms. The third-order valence-corrected chi connectivity index (χ3v) is 3.06. The molecule has 0 spiro atoms. The van der Waals surface area contributed by atoms with Crippen LogP contribution in [0.2, 0.25) is 5.02 Å². The molecule has 90 valence electrons. The van der Waals surface area contributed by atoms with Gasteiger partial charge in [0.1, 0.15) is 5.82 Å². The van der Waals surface area contributed by atoms with Crippen LogP contribution in [0.5, 0.6) is 0 Å². The second-order valence-corrected chi connectivity index (χ2v) is 4.99. The molecule has 1 atom stereocenters. The van der Waals surface area contributed by atoms with Crippen molar-refractivity contribution in [3.63, 3.8) is 0 Å². The molecule has 1 aromatic rings. The largest absolute Gasteiger partial charge is 0.389 e. The normalized spacial score (nSPS) is 24.7. The van der Waals surface area contributed by atoms with Crippen molar-refractivity contribution >= 4 is 23.0 Å². The average molecular weight is 255 g/mol. The van der Waals surface area contributed by atoms with Crippen molar-refractivity contribution in [1.29, 1.82) is 0 Å². The third kappa shape index (κ3) is 2.56. The van der Waals surface area contributed by atoms with E-state index in [1.54, 1.807) is 13.0 Å². The van der Waals surface area contributed by atoms with E-state index < -0.39 is 11.4 Å². The standard InChI is InChI=1S/C13H12ClFO2/c1-13(17)6-8(5-9(16)7-13)12-10(14)3-2-4-11(12)15/h2-5,17H,6-7H2,1H3. The highest BCUT2D eigenvalue weighted by atomic mass is 35.5. The van der Waals surface area contributed by atoms with Gasteiger partial charge in [0.2, 0.25) is 0 Å². The molecule has 2 nitrogen and oxygen atoms in total. The van der Waals surface area contributed by atoms with E-state index in [1.807, 2.05) is 0 Å². The lowest BCUT2D eigenvalue weighted by molar-refractivity contribution is -0.119. The minimum Gasteiger partial charge on any atom is -0.389 e. The lowest BCUT2D eigenvalue weighted by Gasteiger charge is -2.28. The van der Waals surface area contributed by atoms with E-state index >= 15 is 0 Å². The summed E-state index contributed by atoms with van der Waals surface area (Å²) in [6.45, 7) is 1.56. The molecule has 1 unspecified atom stereocenters. The summed E-state index contributed by atoms with van der Waals surface area (Å²) in [6, 6.07) is 4.36. The monoisotopic (exact) mass is 254 g/mol. The molecule has 17 heavy (non-hydrogen) atoms. The first-order valence-corrected chi connectivity index (χ1v) is 5.67. The van der Waals surface area contributed by atoms with E-state index in [1.165, 1.54) is 18.2 Å². The Morgan fingerprint density at radius 2 is 2.12 bits per heavy atom. The Hall–Kier alpha value is -1.19. The van der Waals surface area contributed by atoms with Gasteiger partial charge in [-0.05, 0) is 30.7 Å². The number of hydrogen-bond acceptors (Lipinski definition) is 2. The number of hydrogen-bond donors (Lipinski definition) is 1. The van der Waals surface area contributed by atoms with Gasteiger partial charge >= 0.3 is 0 Å². The zero-order valence-electron chi connectivity index (χ0n) is 9.34. The molecular weight excluding hydrogens is 243 g/mol. The number of ketones is 1. The molecule has 0 heterocycles. The molecule has 0 radical (unpaired) electrons. The SMILES string of the molecule is CC1(O)CC(=O)C=C(c2c(F)cccc2Cl)C1. The van der Waals surface area contributed by atoms with E-state index in [9.17, 15) is 14.3 Å². The second-order valence-electron chi connectivity index (χ2n) is 4.58. The quantitative estimate of drug-likeness (QED) is 0.837. The van der Waals surface area contributed by atoms with E-state index in [-0.39, 0.29) is 29.2 Å². The molecule has 1 N–H and O–H groups in total. The van der Waals surface area contributed by atoms with Gasteiger partial charge in [0, 0.05) is 18.4 Å². The van der Waals surface area contributed by atoms with Crippen LogP contribution in [0.4, 0.5) is 4.39 Å². The number of carbonyl (C=O) groups excluding carboxylic acids is 1. The minimum atomic E-state index is -1.13. The smallest absolute Gasteiger partial charge is 0.158 e. The van der Waals surface area contributed by atoms with Gasteiger partial charge in [-0.1, -0.05) is 17.7 Å². The van der Waals surface area contributed by atoms with Crippen LogP contribution < -0.4 is 0 Å². The van der Waals surface area contributed by atoms with Gasteiger partial charge in [-0.3, -0.25) is 4.79 Å². The molecule has 0 amide bonds. The van der Waals surface area contributed by atoms with Crippen molar-refractivity contribution in [3.8, 4) is 0 Å². The van der Waals surface area contributed by atoms with Crippen LogP contribution in [0.15, 0.2) is 24.3 Å². The highest BCUT2D eigenvalue weighted by molar-refractivity contribution is 6.32. The predicted molar refractivity (Wildman–Crippen MR) is 64.3 cm³/mol. The number of carbonyl (C=O) groups is 1. The summed E-state index contributed by atoms with van der Waals surface area (Å²) in [7, 11) is 0. The fraction of sp³-hybridized carbons (Fsp3) is 0.308. The molecular formula is C13H12ClFO2. The van der Waals surface area contributed by atoms with Crippen LogP contribution in [0.3, 0.4) is 0 Å². The first kappa shape index (κ1) is 12.3. The summed E-state index contributed by atoms with van der Waals surface area (Å²) >= 11 is 5.93. The fourth-order valence-electron chi connectivity index (χ4n) is 2.11. The number of rotatable bonds is 1.